The van der Waals surface area contributed by atoms with Gasteiger partial charge in [0, 0.05) is 12.4 Å². The van der Waals surface area contributed by atoms with Gasteiger partial charge in [0.05, 0.1) is 17.5 Å². The van der Waals surface area contributed by atoms with Crippen LogP contribution in [0.15, 0.2) is 41.6 Å². The average molecular weight is 309 g/mol. The summed E-state index contributed by atoms with van der Waals surface area (Å²) in [6.45, 7) is 4.35. The van der Waals surface area contributed by atoms with Gasteiger partial charge in [0.15, 0.2) is 0 Å². The van der Waals surface area contributed by atoms with Gasteiger partial charge in [-0.05, 0) is 37.6 Å². The second-order valence-electron chi connectivity index (χ2n) is 4.64. The van der Waals surface area contributed by atoms with Gasteiger partial charge in [-0.25, -0.2) is 18.1 Å². The van der Waals surface area contributed by atoms with E-state index < -0.39 is 16.1 Å². The van der Waals surface area contributed by atoms with Crippen LogP contribution in [-0.2, 0) is 10.0 Å². The summed E-state index contributed by atoms with van der Waals surface area (Å²) in [6, 6.07) is 5.94. The lowest BCUT2D eigenvalue weighted by Crippen LogP contribution is -2.27. The molecule has 2 rings (SSSR count). The molecule has 1 aromatic heterocycles. The molecule has 0 radical (unpaired) electrons. The van der Waals surface area contributed by atoms with Crippen molar-refractivity contribution in [2.45, 2.75) is 31.2 Å². The Hall–Kier alpha value is -1.86. The van der Waals surface area contributed by atoms with Gasteiger partial charge in [-0.15, -0.1) is 0 Å². The molecular weight excluding hydrogens is 290 g/mol. The highest BCUT2D eigenvalue weighted by Crippen LogP contribution is 2.18. The van der Waals surface area contributed by atoms with Crippen molar-refractivity contribution in [3.63, 3.8) is 0 Å². The zero-order valence-electron chi connectivity index (χ0n) is 12.0. The summed E-state index contributed by atoms with van der Waals surface area (Å²) in [4.78, 5) is 7.12. The van der Waals surface area contributed by atoms with E-state index in [1.807, 2.05) is 6.92 Å². The van der Waals surface area contributed by atoms with Crippen LogP contribution in [0.4, 0.5) is 0 Å². The van der Waals surface area contributed by atoms with Gasteiger partial charge in [0.2, 0.25) is 10.0 Å². The molecule has 0 aliphatic heterocycles. The van der Waals surface area contributed by atoms with Crippen molar-refractivity contribution in [3.8, 4) is 5.75 Å². The minimum absolute atomic E-state index is 0.199. The Bertz CT molecular complexity index is 651. The van der Waals surface area contributed by atoms with Crippen LogP contribution in [0.5, 0.6) is 5.75 Å². The van der Waals surface area contributed by atoms with Crippen LogP contribution >= 0.6 is 0 Å². The van der Waals surface area contributed by atoms with Crippen molar-refractivity contribution in [3.05, 3.63) is 42.5 Å². The molecule has 0 aliphatic carbocycles. The van der Waals surface area contributed by atoms with E-state index in [1.165, 1.54) is 12.1 Å². The first-order valence-electron chi connectivity index (χ1n) is 6.77. The molecule has 114 valence electrons. The third-order valence-electron chi connectivity index (χ3n) is 2.87. The number of hydrogen-bond acceptors (Lipinski definition) is 4. The van der Waals surface area contributed by atoms with E-state index in [2.05, 4.69) is 14.7 Å². The number of ether oxygens (including phenoxy) is 1. The minimum Gasteiger partial charge on any atom is -0.494 e. The van der Waals surface area contributed by atoms with E-state index in [9.17, 15) is 8.42 Å². The molecule has 0 saturated carbocycles. The van der Waals surface area contributed by atoms with Gasteiger partial charge in [-0.3, -0.25) is 0 Å². The fourth-order valence-electron chi connectivity index (χ4n) is 1.81. The van der Waals surface area contributed by atoms with E-state index >= 15 is 0 Å². The molecular formula is C14H19N3O3S. The van der Waals surface area contributed by atoms with Crippen LogP contribution in [0.1, 0.15) is 32.1 Å². The molecule has 1 aromatic carbocycles. The lowest BCUT2D eigenvalue weighted by atomic mass is 10.3. The Kier molecular flexibility index (Phi) is 4.98. The first-order valence-corrected chi connectivity index (χ1v) is 8.25. The van der Waals surface area contributed by atoms with E-state index in [0.29, 0.717) is 18.2 Å². The topological polar surface area (TPSA) is 84.1 Å². The summed E-state index contributed by atoms with van der Waals surface area (Å²) < 4.78 is 32.5. The molecule has 0 spiro atoms. The van der Waals surface area contributed by atoms with Crippen LogP contribution in [0, 0.1) is 0 Å². The molecule has 2 N–H and O–H groups in total. The molecule has 21 heavy (non-hydrogen) atoms. The van der Waals surface area contributed by atoms with E-state index in [-0.39, 0.29) is 4.90 Å². The summed E-state index contributed by atoms with van der Waals surface area (Å²) in [6.07, 6.45) is 4.14. The fourth-order valence-corrected chi connectivity index (χ4v) is 3.01. The molecule has 1 unspecified atom stereocenters. The third-order valence-corrected chi connectivity index (χ3v) is 4.42. The maximum absolute atomic E-state index is 12.3. The zero-order valence-corrected chi connectivity index (χ0v) is 12.9. The van der Waals surface area contributed by atoms with Crippen LogP contribution in [-0.4, -0.2) is 25.0 Å². The number of aromatic nitrogens is 2. The molecule has 2 aromatic rings. The molecule has 0 bridgehead atoms. The highest BCUT2D eigenvalue weighted by molar-refractivity contribution is 7.89. The number of imidazole rings is 1. The molecule has 7 heteroatoms. The van der Waals surface area contributed by atoms with Crippen LogP contribution in [0.3, 0.4) is 0 Å². The van der Waals surface area contributed by atoms with Crippen molar-refractivity contribution in [1.29, 1.82) is 0 Å². The number of aromatic amines is 1. The van der Waals surface area contributed by atoms with Gasteiger partial charge in [-0.2, -0.15) is 0 Å². The predicted octanol–water partition coefficient (Wildman–Crippen LogP) is 2.24. The Labute approximate surface area is 124 Å². The largest absolute Gasteiger partial charge is 0.494 e. The highest BCUT2D eigenvalue weighted by Gasteiger charge is 2.19. The van der Waals surface area contributed by atoms with Crippen LogP contribution < -0.4 is 9.46 Å². The van der Waals surface area contributed by atoms with Crippen LogP contribution in [0.2, 0.25) is 0 Å². The summed E-state index contributed by atoms with van der Waals surface area (Å²) >= 11 is 0. The normalized spacial score (nSPS) is 13.0. The molecule has 0 fully saturated rings. The monoisotopic (exact) mass is 309 g/mol. The van der Waals surface area contributed by atoms with Crippen molar-refractivity contribution in [2.75, 3.05) is 6.61 Å². The Morgan fingerprint density at radius 3 is 2.62 bits per heavy atom. The maximum atomic E-state index is 12.3. The second kappa shape index (κ2) is 6.73. The first-order chi connectivity index (χ1) is 10.0. The number of H-pyrrole nitrogens is 1. The SMILES string of the molecule is CCCOc1ccc(S(=O)(=O)NC(C)c2ncc[nH]2)cc1. The lowest BCUT2D eigenvalue weighted by Gasteiger charge is -2.12. The predicted molar refractivity (Wildman–Crippen MR) is 79.6 cm³/mol. The van der Waals surface area contributed by atoms with Crippen LogP contribution in [0.25, 0.3) is 0 Å². The number of nitrogens with one attached hydrogen (secondary N) is 2. The number of rotatable bonds is 7. The van der Waals surface area contributed by atoms with Gasteiger partial charge < -0.3 is 9.72 Å². The average Bonchev–Trinajstić information content (AvgIpc) is 2.99. The lowest BCUT2D eigenvalue weighted by molar-refractivity contribution is 0.317. The quantitative estimate of drug-likeness (QED) is 0.821. The summed E-state index contributed by atoms with van der Waals surface area (Å²) in [5.74, 6) is 1.23. The number of nitrogens with zero attached hydrogens (tertiary/aromatic N) is 1. The molecule has 1 heterocycles. The number of benzene rings is 1. The first kappa shape index (κ1) is 15.5. The Morgan fingerprint density at radius 2 is 2.05 bits per heavy atom. The zero-order chi connectivity index (χ0) is 15.3. The molecule has 0 saturated heterocycles. The Balaban J connectivity index is 2.08. The van der Waals surface area contributed by atoms with E-state index in [0.717, 1.165) is 6.42 Å². The van der Waals surface area contributed by atoms with Crippen molar-refractivity contribution in [2.24, 2.45) is 0 Å². The Morgan fingerprint density at radius 1 is 1.33 bits per heavy atom. The summed E-state index contributed by atoms with van der Waals surface area (Å²) in [7, 11) is -3.59. The van der Waals surface area contributed by atoms with Gasteiger partial charge in [0.25, 0.3) is 0 Å². The minimum atomic E-state index is -3.59. The number of hydrogen-bond donors (Lipinski definition) is 2. The fraction of sp³-hybridized carbons (Fsp3) is 0.357. The molecule has 6 nitrogen and oxygen atoms in total. The van der Waals surface area contributed by atoms with Crippen molar-refractivity contribution < 1.29 is 13.2 Å². The van der Waals surface area contributed by atoms with E-state index in [1.54, 1.807) is 31.5 Å². The third kappa shape index (κ3) is 4.05. The van der Waals surface area contributed by atoms with Gasteiger partial charge in [-0.1, -0.05) is 6.92 Å². The smallest absolute Gasteiger partial charge is 0.241 e. The van der Waals surface area contributed by atoms with Gasteiger partial charge in [0.1, 0.15) is 11.6 Å². The van der Waals surface area contributed by atoms with Crippen molar-refractivity contribution >= 4 is 10.0 Å². The summed E-state index contributed by atoms with van der Waals surface area (Å²) in [5.41, 5.74) is 0. The standard InChI is InChI=1S/C14H19N3O3S/c1-3-10-20-12-4-6-13(7-5-12)21(18,19)17-11(2)14-15-8-9-16-14/h4-9,11,17H,3,10H2,1-2H3,(H,15,16). The van der Waals surface area contributed by atoms with Crippen molar-refractivity contribution in [1.82, 2.24) is 14.7 Å². The summed E-state index contributed by atoms with van der Waals surface area (Å²) in [5, 5.41) is 0. The van der Waals surface area contributed by atoms with E-state index in [4.69, 9.17) is 4.74 Å². The molecule has 0 aliphatic rings. The highest BCUT2D eigenvalue weighted by atomic mass is 32.2. The second-order valence-corrected chi connectivity index (χ2v) is 6.35. The molecule has 1 atom stereocenters. The molecule has 0 amide bonds. The van der Waals surface area contributed by atoms with Gasteiger partial charge >= 0.3 is 0 Å². The maximum Gasteiger partial charge on any atom is 0.241 e. The number of sulfonamides is 1.